The predicted molar refractivity (Wildman–Crippen MR) is 111 cm³/mol. The lowest BCUT2D eigenvalue weighted by atomic mass is 10.1. The summed E-state index contributed by atoms with van der Waals surface area (Å²) in [6.45, 7) is 9.11. The van der Waals surface area contributed by atoms with Crippen LogP contribution in [0.2, 0.25) is 0 Å². The molecule has 0 aliphatic carbocycles. The fourth-order valence-corrected chi connectivity index (χ4v) is 2.55. The van der Waals surface area contributed by atoms with E-state index in [9.17, 15) is 4.79 Å². The molecule has 0 bridgehead atoms. The van der Waals surface area contributed by atoms with Crippen molar-refractivity contribution >= 4 is 5.91 Å². The highest BCUT2D eigenvalue weighted by Crippen LogP contribution is 2.28. The third kappa shape index (κ3) is 6.80. The highest BCUT2D eigenvalue weighted by molar-refractivity contribution is 5.80. The molecule has 0 saturated carbocycles. The van der Waals surface area contributed by atoms with E-state index in [0.717, 1.165) is 17.5 Å². The number of carbonyl (C=O) groups excluding carboxylic acids is 1. The van der Waals surface area contributed by atoms with Gasteiger partial charge in [-0.1, -0.05) is 37.6 Å². The number of rotatable bonds is 10. The molecule has 28 heavy (non-hydrogen) atoms. The zero-order chi connectivity index (χ0) is 20.5. The molecule has 0 fully saturated rings. The lowest BCUT2D eigenvalue weighted by Crippen LogP contribution is -2.35. The summed E-state index contributed by atoms with van der Waals surface area (Å²) in [6.07, 6.45) is 0.406. The quantitative estimate of drug-likeness (QED) is 0.654. The molecular weight excluding hydrogens is 354 g/mol. The average molecular weight is 386 g/mol. The summed E-state index contributed by atoms with van der Waals surface area (Å²) in [7, 11) is 1.62. The van der Waals surface area contributed by atoms with Crippen LogP contribution in [0.25, 0.3) is 0 Å². The van der Waals surface area contributed by atoms with Crippen LogP contribution in [0.15, 0.2) is 42.5 Å². The van der Waals surface area contributed by atoms with Crippen LogP contribution in [0, 0.1) is 12.8 Å². The predicted octanol–water partition coefficient (Wildman–Crippen LogP) is 4.51. The molecule has 0 spiro atoms. The van der Waals surface area contributed by atoms with E-state index in [1.54, 1.807) is 14.0 Å². The van der Waals surface area contributed by atoms with Gasteiger partial charge < -0.3 is 19.5 Å². The SMILES string of the molecule is COc1cc(CNC(=O)C(C)Oc2ccc(C)cc2)ccc1OCCC(C)C. The van der Waals surface area contributed by atoms with E-state index in [2.05, 4.69) is 19.2 Å². The Bertz CT molecular complexity index is 756. The highest BCUT2D eigenvalue weighted by Gasteiger charge is 2.15. The molecule has 0 saturated heterocycles. The molecule has 5 heteroatoms. The minimum atomic E-state index is -0.580. The molecular formula is C23H31NO4. The van der Waals surface area contributed by atoms with Crippen molar-refractivity contribution in [1.82, 2.24) is 5.32 Å². The Morgan fingerprint density at radius 2 is 1.75 bits per heavy atom. The third-order valence-electron chi connectivity index (χ3n) is 4.35. The maximum absolute atomic E-state index is 12.3. The van der Waals surface area contributed by atoms with E-state index in [0.29, 0.717) is 36.3 Å². The van der Waals surface area contributed by atoms with E-state index < -0.39 is 6.10 Å². The van der Waals surface area contributed by atoms with Crippen molar-refractivity contribution in [2.24, 2.45) is 5.92 Å². The zero-order valence-corrected chi connectivity index (χ0v) is 17.5. The topological polar surface area (TPSA) is 56.8 Å². The summed E-state index contributed by atoms with van der Waals surface area (Å²) < 4.78 is 16.9. The molecule has 1 unspecified atom stereocenters. The number of amides is 1. The van der Waals surface area contributed by atoms with Crippen LogP contribution >= 0.6 is 0 Å². The van der Waals surface area contributed by atoms with Crippen LogP contribution in [0.5, 0.6) is 17.2 Å². The van der Waals surface area contributed by atoms with Crippen LogP contribution in [0.1, 0.15) is 38.3 Å². The average Bonchev–Trinajstić information content (AvgIpc) is 2.68. The molecule has 0 aliphatic rings. The largest absolute Gasteiger partial charge is 0.493 e. The van der Waals surface area contributed by atoms with Crippen LogP contribution < -0.4 is 19.5 Å². The van der Waals surface area contributed by atoms with Crippen LogP contribution in [-0.2, 0) is 11.3 Å². The van der Waals surface area contributed by atoms with Crippen molar-refractivity contribution < 1.29 is 19.0 Å². The fraction of sp³-hybridized carbons (Fsp3) is 0.435. The summed E-state index contributed by atoms with van der Waals surface area (Å²) in [5.74, 6) is 2.48. The summed E-state index contributed by atoms with van der Waals surface area (Å²) in [5.41, 5.74) is 2.08. The molecule has 152 valence electrons. The molecule has 0 aromatic heterocycles. The van der Waals surface area contributed by atoms with Crippen molar-refractivity contribution in [3.63, 3.8) is 0 Å². The number of aryl methyl sites for hydroxylation is 1. The van der Waals surface area contributed by atoms with Gasteiger partial charge in [0.15, 0.2) is 17.6 Å². The molecule has 2 aromatic carbocycles. The van der Waals surface area contributed by atoms with Gasteiger partial charge in [-0.05, 0) is 56.0 Å². The Hall–Kier alpha value is -2.69. The lowest BCUT2D eigenvalue weighted by Gasteiger charge is -2.16. The number of nitrogens with one attached hydrogen (secondary N) is 1. The van der Waals surface area contributed by atoms with Gasteiger partial charge in [0.25, 0.3) is 5.91 Å². The van der Waals surface area contributed by atoms with E-state index in [4.69, 9.17) is 14.2 Å². The molecule has 2 rings (SSSR count). The second kappa shape index (κ2) is 10.6. The zero-order valence-electron chi connectivity index (χ0n) is 17.5. The van der Waals surface area contributed by atoms with Crippen molar-refractivity contribution in [3.8, 4) is 17.2 Å². The smallest absolute Gasteiger partial charge is 0.261 e. The molecule has 1 amide bonds. The van der Waals surface area contributed by atoms with Gasteiger partial charge in [-0.15, -0.1) is 0 Å². The van der Waals surface area contributed by atoms with Gasteiger partial charge in [-0.25, -0.2) is 0 Å². The van der Waals surface area contributed by atoms with Gasteiger partial charge in [0.05, 0.1) is 13.7 Å². The molecule has 2 aromatic rings. The fourth-order valence-electron chi connectivity index (χ4n) is 2.55. The monoisotopic (exact) mass is 385 g/mol. The van der Waals surface area contributed by atoms with Gasteiger partial charge in [0.1, 0.15) is 5.75 Å². The second-order valence-corrected chi connectivity index (χ2v) is 7.31. The molecule has 5 nitrogen and oxygen atoms in total. The number of ether oxygens (including phenoxy) is 3. The van der Waals surface area contributed by atoms with Gasteiger partial charge in [-0.2, -0.15) is 0 Å². The highest BCUT2D eigenvalue weighted by atomic mass is 16.5. The summed E-state index contributed by atoms with van der Waals surface area (Å²) in [4.78, 5) is 12.3. The summed E-state index contributed by atoms with van der Waals surface area (Å²) in [6, 6.07) is 13.3. The maximum atomic E-state index is 12.3. The van der Waals surface area contributed by atoms with Gasteiger partial charge in [0.2, 0.25) is 0 Å². The van der Waals surface area contributed by atoms with E-state index in [1.165, 1.54) is 0 Å². The van der Waals surface area contributed by atoms with Crippen molar-refractivity contribution in [1.29, 1.82) is 0 Å². The Morgan fingerprint density at radius 3 is 2.39 bits per heavy atom. The summed E-state index contributed by atoms with van der Waals surface area (Å²) in [5, 5.41) is 2.90. The first-order valence-corrected chi connectivity index (χ1v) is 9.69. The van der Waals surface area contributed by atoms with Crippen LogP contribution in [-0.4, -0.2) is 25.7 Å². The normalized spacial score (nSPS) is 11.8. The van der Waals surface area contributed by atoms with Crippen LogP contribution in [0.4, 0.5) is 0 Å². The molecule has 1 atom stereocenters. The van der Waals surface area contributed by atoms with Gasteiger partial charge >= 0.3 is 0 Å². The first-order valence-electron chi connectivity index (χ1n) is 9.69. The number of hydrogen-bond acceptors (Lipinski definition) is 4. The maximum Gasteiger partial charge on any atom is 0.261 e. The van der Waals surface area contributed by atoms with Crippen LogP contribution in [0.3, 0.4) is 0 Å². The number of methoxy groups -OCH3 is 1. The molecule has 0 heterocycles. The van der Waals surface area contributed by atoms with E-state index >= 15 is 0 Å². The van der Waals surface area contributed by atoms with Crippen molar-refractivity contribution in [3.05, 3.63) is 53.6 Å². The van der Waals surface area contributed by atoms with E-state index in [-0.39, 0.29) is 5.91 Å². The second-order valence-electron chi connectivity index (χ2n) is 7.31. The number of carbonyl (C=O) groups is 1. The minimum absolute atomic E-state index is 0.170. The summed E-state index contributed by atoms with van der Waals surface area (Å²) >= 11 is 0. The first kappa shape index (κ1) is 21.6. The number of benzene rings is 2. The molecule has 0 radical (unpaired) electrons. The number of hydrogen-bond donors (Lipinski definition) is 1. The Morgan fingerprint density at radius 1 is 1.04 bits per heavy atom. The van der Waals surface area contributed by atoms with Crippen molar-refractivity contribution in [2.45, 2.75) is 46.8 Å². The minimum Gasteiger partial charge on any atom is -0.493 e. The Labute approximate surface area is 168 Å². The molecule has 0 aliphatic heterocycles. The Balaban J connectivity index is 1.88. The standard InChI is InChI=1S/C23H31NO4/c1-16(2)12-13-27-21-11-8-19(14-22(21)26-5)15-24-23(25)18(4)28-20-9-6-17(3)7-10-20/h6-11,14,16,18H,12-13,15H2,1-5H3,(H,24,25). The third-order valence-corrected chi connectivity index (χ3v) is 4.35. The van der Waals surface area contributed by atoms with Gasteiger partial charge in [0, 0.05) is 6.54 Å². The van der Waals surface area contributed by atoms with Crippen molar-refractivity contribution in [2.75, 3.05) is 13.7 Å². The van der Waals surface area contributed by atoms with E-state index in [1.807, 2.05) is 49.4 Å². The first-order chi connectivity index (χ1) is 13.4. The Kier molecular flexibility index (Phi) is 8.18. The lowest BCUT2D eigenvalue weighted by molar-refractivity contribution is -0.127. The van der Waals surface area contributed by atoms with Gasteiger partial charge in [-0.3, -0.25) is 4.79 Å². The molecule has 1 N–H and O–H groups in total.